The van der Waals surface area contributed by atoms with Crippen LogP contribution in [0.4, 0.5) is 20.7 Å². The summed E-state index contributed by atoms with van der Waals surface area (Å²) < 4.78 is 40.2. The Labute approximate surface area is 190 Å². The van der Waals surface area contributed by atoms with Crippen molar-refractivity contribution in [2.75, 3.05) is 62.4 Å². The van der Waals surface area contributed by atoms with E-state index in [1.807, 2.05) is 41.0 Å². The quantitative estimate of drug-likeness (QED) is 0.579. The van der Waals surface area contributed by atoms with Gasteiger partial charge in [0.1, 0.15) is 0 Å². The molecule has 0 amide bonds. The molecule has 2 aliphatic rings. The first-order chi connectivity index (χ1) is 16.1. The summed E-state index contributed by atoms with van der Waals surface area (Å²) in [5, 5.41) is 0. The Bertz CT molecular complexity index is 1060. The fourth-order valence-electron chi connectivity index (χ4n) is 3.83. The molecule has 0 unspecified atom stereocenters. The Kier molecular flexibility index (Phi) is 6.14. The van der Waals surface area contributed by atoms with Crippen LogP contribution in [0.3, 0.4) is 0 Å². The van der Waals surface area contributed by atoms with Gasteiger partial charge in [0, 0.05) is 37.9 Å². The van der Waals surface area contributed by atoms with Crippen molar-refractivity contribution in [3.8, 4) is 17.2 Å². The van der Waals surface area contributed by atoms with E-state index in [1.54, 1.807) is 6.20 Å². The van der Waals surface area contributed by atoms with Crippen LogP contribution in [0.15, 0.2) is 30.5 Å². The normalized spacial score (nSPS) is 17.1. The van der Waals surface area contributed by atoms with Gasteiger partial charge in [-0.2, -0.15) is 15.0 Å². The zero-order valence-electron chi connectivity index (χ0n) is 18.3. The number of aromatic nitrogens is 5. The number of alkyl halides is 2. The molecule has 0 aliphatic carbocycles. The maximum absolute atomic E-state index is 14.0. The predicted octanol–water partition coefficient (Wildman–Crippen LogP) is 2.64. The summed E-state index contributed by atoms with van der Waals surface area (Å²) in [4.78, 5) is 22.0. The van der Waals surface area contributed by atoms with Crippen molar-refractivity contribution < 1.29 is 18.3 Å². The summed E-state index contributed by atoms with van der Waals surface area (Å²) in [5.41, 5.74) is 2.26. The summed E-state index contributed by atoms with van der Waals surface area (Å²) in [6, 6.07) is 7.57. The highest BCUT2D eigenvalue weighted by molar-refractivity contribution is 5.60. The van der Waals surface area contributed by atoms with E-state index in [9.17, 15) is 8.78 Å². The van der Waals surface area contributed by atoms with Gasteiger partial charge in [-0.15, -0.1) is 0 Å². The van der Waals surface area contributed by atoms with Crippen LogP contribution in [0.1, 0.15) is 17.8 Å². The van der Waals surface area contributed by atoms with E-state index < -0.39 is 12.2 Å². The van der Waals surface area contributed by atoms with Crippen LogP contribution in [0.2, 0.25) is 0 Å². The standard InChI is InChI=1S/C22H25F2N7O2/c1-15-2-4-16(5-3-15)17-14-31(19(25-17)18(23)24)22-27-20(29-6-10-32-11-7-29)26-21(28-22)30-8-12-33-13-9-30/h2-5,14,18H,6-13H2,1H3. The SMILES string of the molecule is Cc1ccc(-c2cn(-c3nc(N4CCOCC4)nc(N4CCOCC4)n3)c(C(F)F)n2)cc1. The van der Waals surface area contributed by atoms with Crippen LogP contribution in [-0.2, 0) is 9.47 Å². The Morgan fingerprint density at radius 1 is 0.758 bits per heavy atom. The summed E-state index contributed by atoms with van der Waals surface area (Å²) in [7, 11) is 0. The van der Waals surface area contributed by atoms with Crippen LogP contribution < -0.4 is 9.80 Å². The summed E-state index contributed by atoms with van der Waals surface area (Å²) in [5.74, 6) is 0.595. The van der Waals surface area contributed by atoms with Crippen molar-refractivity contribution in [2.45, 2.75) is 13.3 Å². The average Bonchev–Trinajstić information content (AvgIpc) is 3.31. The molecular weight excluding hydrogens is 432 g/mol. The minimum Gasteiger partial charge on any atom is -0.378 e. The van der Waals surface area contributed by atoms with Gasteiger partial charge in [0.25, 0.3) is 6.43 Å². The van der Waals surface area contributed by atoms with Crippen molar-refractivity contribution in [2.24, 2.45) is 0 Å². The number of hydrogen-bond donors (Lipinski definition) is 0. The third kappa shape index (κ3) is 4.64. The molecular formula is C22H25F2N7O2. The molecule has 33 heavy (non-hydrogen) atoms. The maximum atomic E-state index is 14.0. The largest absolute Gasteiger partial charge is 0.378 e. The molecule has 2 aromatic heterocycles. The topological polar surface area (TPSA) is 81.4 Å². The monoisotopic (exact) mass is 457 g/mol. The van der Waals surface area contributed by atoms with Crippen LogP contribution in [0, 0.1) is 6.92 Å². The van der Waals surface area contributed by atoms with E-state index in [4.69, 9.17) is 9.47 Å². The van der Waals surface area contributed by atoms with Crippen molar-refractivity contribution in [1.82, 2.24) is 24.5 Å². The highest BCUT2D eigenvalue weighted by atomic mass is 19.3. The number of halogens is 2. The molecule has 0 atom stereocenters. The number of anilines is 2. The number of hydrogen-bond acceptors (Lipinski definition) is 8. The lowest BCUT2D eigenvalue weighted by Gasteiger charge is -2.30. The molecule has 5 rings (SSSR count). The number of imidazole rings is 1. The summed E-state index contributed by atoms with van der Waals surface area (Å²) in [6.45, 7) is 6.66. The number of aryl methyl sites for hydroxylation is 1. The fraction of sp³-hybridized carbons (Fsp3) is 0.455. The van der Waals surface area contributed by atoms with Gasteiger partial charge in [0.15, 0.2) is 5.82 Å². The molecule has 4 heterocycles. The lowest BCUT2D eigenvalue weighted by molar-refractivity contribution is 0.121. The van der Waals surface area contributed by atoms with E-state index in [0.29, 0.717) is 70.2 Å². The minimum absolute atomic E-state index is 0.120. The van der Waals surface area contributed by atoms with Crippen molar-refractivity contribution in [3.63, 3.8) is 0 Å². The molecule has 0 radical (unpaired) electrons. The molecule has 9 nitrogen and oxygen atoms in total. The smallest absolute Gasteiger partial charge is 0.296 e. The number of nitrogens with zero attached hydrogens (tertiary/aromatic N) is 7. The second-order valence-corrected chi connectivity index (χ2v) is 7.96. The van der Waals surface area contributed by atoms with Crippen molar-refractivity contribution >= 4 is 11.9 Å². The van der Waals surface area contributed by atoms with Gasteiger partial charge in [-0.3, -0.25) is 4.57 Å². The number of morpholine rings is 2. The molecule has 0 bridgehead atoms. The summed E-state index contributed by atoms with van der Waals surface area (Å²) >= 11 is 0. The zero-order valence-corrected chi connectivity index (χ0v) is 18.3. The Morgan fingerprint density at radius 3 is 1.79 bits per heavy atom. The fourth-order valence-corrected chi connectivity index (χ4v) is 3.83. The Morgan fingerprint density at radius 2 is 1.27 bits per heavy atom. The second-order valence-electron chi connectivity index (χ2n) is 7.96. The highest BCUT2D eigenvalue weighted by Crippen LogP contribution is 2.28. The van der Waals surface area contributed by atoms with E-state index >= 15 is 0 Å². The molecule has 1 aromatic carbocycles. The molecule has 174 valence electrons. The van der Waals surface area contributed by atoms with Crippen LogP contribution in [0.5, 0.6) is 0 Å². The van der Waals surface area contributed by atoms with Gasteiger partial charge < -0.3 is 19.3 Å². The average molecular weight is 457 g/mol. The highest BCUT2D eigenvalue weighted by Gasteiger charge is 2.25. The van der Waals surface area contributed by atoms with E-state index in [-0.39, 0.29) is 5.95 Å². The Hall–Kier alpha value is -3.18. The van der Waals surface area contributed by atoms with Gasteiger partial charge in [-0.1, -0.05) is 29.8 Å². The first kappa shape index (κ1) is 21.7. The van der Waals surface area contributed by atoms with Crippen LogP contribution in [-0.4, -0.2) is 77.1 Å². The Balaban J connectivity index is 1.60. The van der Waals surface area contributed by atoms with E-state index in [2.05, 4.69) is 19.9 Å². The van der Waals surface area contributed by atoms with Gasteiger partial charge in [0.05, 0.1) is 32.1 Å². The number of rotatable bonds is 5. The first-order valence-electron chi connectivity index (χ1n) is 10.9. The zero-order chi connectivity index (χ0) is 22.8. The molecule has 0 spiro atoms. The van der Waals surface area contributed by atoms with Gasteiger partial charge in [0.2, 0.25) is 17.8 Å². The van der Waals surface area contributed by atoms with E-state index in [1.165, 1.54) is 4.57 Å². The minimum atomic E-state index is -2.79. The molecule has 2 saturated heterocycles. The molecule has 11 heteroatoms. The molecule has 0 N–H and O–H groups in total. The second kappa shape index (κ2) is 9.36. The van der Waals surface area contributed by atoms with Crippen LogP contribution in [0.25, 0.3) is 17.2 Å². The third-order valence-electron chi connectivity index (χ3n) is 5.68. The molecule has 2 aliphatic heterocycles. The molecule has 3 aromatic rings. The summed E-state index contributed by atoms with van der Waals surface area (Å²) in [6.07, 6.45) is -1.23. The first-order valence-corrected chi connectivity index (χ1v) is 10.9. The number of benzene rings is 1. The van der Waals surface area contributed by atoms with Crippen molar-refractivity contribution in [1.29, 1.82) is 0 Å². The molecule has 0 saturated carbocycles. The van der Waals surface area contributed by atoms with E-state index in [0.717, 1.165) is 11.1 Å². The maximum Gasteiger partial charge on any atom is 0.296 e. The lowest BCUT2D eigenvalue weighted by atomic mass is 10.1. The van der Waals surface area contributed by atoms with Gasteiger partial charge in [-0.25, -0.2) is 13.8 Å². The predicted molar refractivity (Wildman–Crippen MR) is 118 cm³/mol. The third-order valence-corrected chi connectivity index (χ3v) is 5.68. The molecule has 2 fully saturated rings. The number of ether oxygens (including phenoxy) is 2. The lowest BCUT2D eigenvalue weighted by Crippen LogP contribution is -2.40. The van der Waals surface area contributed by atoms with Gasteiger partial charge >= 0.3 is 0 Å². The van der Waals surface area contributed by atoms with Crippen molar-refractivity contribution in [3.05, 3.63) is 41.9 Å². The van der Waals surface area contributed by atoms with Gasteiger partial charge in [-0.05, 0) is 6.92 Å². The van der Waals surface area contributed by atoms with Crippen LogP contribution >= 0.6 is 0 Å².